The average Bonchev–Trinajstić information content (AvgIpc) is 2.29. The Morgan fingerprint density at radius 1 is 1.24 bits per heavy atom. The van der Waals surface area contributed by atoms with Crippen molar-refractivity contribution in [2.45, 2.75) is 17.9 Å². The third kappa shape index (κ3) is 5.27. The van der Waals surface area contributed by atoms with Crippen molar-refractivity contribution >= 4 is 10.0 Å². The van der Waals surface area contributed by atoms with Crippen molar-refractivity contribution in [3.8, 4) is 0 Å². The van der Waals surface area contributed by atoms with Gasteiger partial charge in [0.05, 0.1) is 11.0 Å². The van der Waals surface area contributed by atoms with Crippen LogP contribution in [-0.2, 0) is 10.0 Å². The molecule has 0 aliphatic carbocycles. The molecule has 6 heteroatoms. The molecule has 0 aliphatic heterocycles. The van der Waals surface area contributed by atoms with E-state index in [1.165, 1.54) is 0 Å². The molecule has 0 aromatic heterocycles. The van der Waals surface area contributed by atoms with Crippen molar-refractivity contribution in [2.75, 3.05) is 19.6 Å². The zero-order valence-electron chi connectivity index (χ0n) is 9.76. The highest BCUT2D eigenvalue weighted by Gasteiger charge is 2.11. The SMILES string of the molecule is CC(O)CNCCNS(=O)(=O)c1ccccc1. The summed E-state index contributed by atoms with van der Waals surface area (Å²) in [6, 6.07) is 8.22. The number of aliphatic hydroxyl groups excluding tert-OH is 1. The third-order valence-corrected chi connectivity index (χ3v) is 3.56. The molecule has 0 radical (unpaired) electrons. The van der Waals surface area contributed by atoms with Crippen molar-refractivity contribution in [3.05, 3.63) is 30.3 Å². The summed E-state index contributed by atoms with van der Waals surface area (Å²) in [5, 5.41) is 11.9. The fraction of sp³-hybridized carbons (Fsp3) is 0.455. The zero-order chi connectivity index (χ0) is 12.7. The van der Waals surface area contributed by atoms with Crippen LogP contribution >= 0.6 is 0 Å². The van der Waals surface area contributed by atoms with Gasteiger partial charge in [-0.15, -0.1) is 0 Å². The minimum absolute atomic E-state index is 0.260. The van der Waals surface area contributed by atoms with Crippen LogP contribution in [0.4, 0.5) is 0 Å². The van der Waals surface area contributed by atoms with Crippen LogP contribution in [0.2, 0.25) is 0 Å². The van der Waals surface area contributed by atoms with Crippen LogP contribution in [0.15, 0.2) is 35.2 Å². The quantitative estimate of drug-likeness (QED) is 0.599. The number of nitrogens with one attached hydrogen (secondary N) is 2. The zero-order valence-corrected chi connectivity index (χ0v) is 10.6. The van der Waals surface area contributed by atoms with E-state index in [1.54, 1.807) is 37.3 Å². The Morgan fingerprint density at radius 2 is 1.88 bits per heavy atom. The van der Waals surface area contributed by atoms with E-state index in [0.717, 1.165) is 0 Å². The summed E-state index contributed by atoms with van der Waals surface area (Å²) in [5.41, 5.74) is 0. The molecule has 1 aromatic carbocycles. The second-order valence-electron chi connectivity index (χ2n) is 3.76. The molecule has 0 saturated carbocycles. The molecule has 0 fully saturated rings. The van der Waals surface area contributed by atoms with Gasteiger partial charge in [-0.1, -0.05) is 18.2 Å². The fourth-order valence-corrected chi connectivity index (χ4v) is 2.32. The van der Waals surface area contributed by atoms with Crippen molar-refractivity contribution < 1.29 is 13.5 Å². The summed E-state index contributed by atoms with van der Waals surface area (Å²) in [7, 11) is -3.41. The Balaban J connectivity index is 2.36. The van der Waals surface area contributed by atoms with Gasteiger partial charge < -0.3 is 10.4 Å². The smallest absolute Gasteiger partial charge is 0.240 e. The van der Waals surface area contributed by atoms with E-state index in [1.807, 2.05) is 0 Å². The summed E-state index contributed by atoms with van der Waals surface area (Å²) in [5.74, 6) is 0. The van der Waals surface area contributed by atoms with Gasteiger partial charge in [0.15, 0.2) is 0 Å². The monoisotopic (exact) mass is 258 g/mol. The van der Waals surface area contributed by atoms with Gasteiger partial charge in [0.25, 0.3) is 0 Å². The summed E-state index contributed by atoms with van der Waals surface area (Å²) < 4.78 is 26.0. The van der Waals surface area contributed by atoms with Crippen LogP contribution in [0.25, 0.3) is 0 Å². The number of aliphatic hydroxyl groups is 1. The summed E-state index contributed by atoms with van der Waals surface area (Å²) in [6.45, 7) is 2.90. The minimum atomic E-state index is -3.41. The highest BCUT2D eigenvalue weighted by molar-refractivity contribution is 7.89. The molecular weight excluding hydrogens is 240 g/mol. The van der Waals surface area contributed by atoms with Crippen LogP contribution in [0.5, 0.6) is 0 Å². The first-order chi connectivity index (χ1) is 8.02. The van der Waals surface area contributed by atoms with Gasteiger partial charge in [0.2, 0.25) is 10.0 Å². The van der Waals surface area contributed by atoms with Crippen LogP contribution in [0.3, 0.4) is 0 Å². The van der Waals surface area contributed by atoms with Gasteiger partial charge >= 0.3 is 0 Å². The fourth-order valence-electron chi connectivity index (χ4n) is 1.27. The van der Waals surface area contributed by atoms with Crippen LogP contribution in [0, 0.1) is 0 Å². The normalized spacial score (nSPS) is 13.5. The Morgan fingerprint density at radius 3 is 2.47 bits per heavy atom. The topological polar surface area (TPSA) is 78.4 Å². The maximum atomic E-state index is 11.7. The lowest BCUT2D eigenvalue weighted by Crippen LogP contribution is -2.34. The summed E-state index contributed by atoms with van der Waals surface area (Å²) >= 11 is 0. The molecule has 0 spiro atoms. The van der Waals surface area contributed by atoms with Gasteiger partial charge in [-0.3, -0.25) is 0 Å². The first kappa shape index (κ1) is 14.1. The maximum Gasteiger partial charge on any atom is 0.240 e. The molecule has 0 heterocycles. The van der Waals surface area contributed by atoms with Crippen molar-refractivity contribution in [3.63, 3.8) is 0 Å². The van der Waals surface area contributed by atoms with E-state index in [-0.39, 0.29) is 4.90 Å². The van der Waals surface area contributed by atoms with E-state index >= 15 is 0 Å². The number of rotatable bonds is 7. The molecule has 0 bridgehead atoms. The number of hydrogen-bond acceptors (Lipinski definition) is 4. The lowest BCUT2D eigenvalue weighted by molar-refractivity contribution is 0.192. The predicted molar refractivity (Wildman–Crippen MR) is 66.2 cm³/mol. The van der Waals surface area contributed by atoms with Gasteiger partial charge in [0.1, 0.15) is 0 Å². The molecule has 0 aliphatic rings. The van der Waals surface area contributed by atoms with Gasteiger partial charge in [-0.25, -0.2) is 13.1 Å². The van der Waals surface area contributed by atoms with Gasteiger partial charge in [-0.2, -0.15) is 0 Å². The van der Waals surface area contributed by atoms with Gasteiger partial charge in [0, 0.05) is 19.6 Å². The Hall–Kier alpha value is -0.950. The van der Waals surface area contributed by atoms with E-state index in [4.69, 9.17) is 5.11 Å². The summed E-state index contributed by atoms with van der Waals surface area (Å²) in [4.78, 5) is 0.260. The third-order valence-electron chi connectivity index (χ3n) is 2.09. The molecule has 5 nitrogen and oxygen atoms in total. The Bertz CT molecular complexity index is 418. The summed E-state index contributed by atoms with van der Waals surface area (Å²) in [6.07, 6.45) is -0.430. The highest BCUT2D eigenvalue weighted by Crippen LogP contribution is 2.06. The molecule has 0 amide bonds. The molecule has 1 atom stereocenters. The second kappa shape index (κ2) is 6.70. The molecule has 1 rings (SSSR count). The lowest BCUT2D eigenvalue weighted by Gasteiger charge is -2.08. The second-order valence-corrected chi connectivity index (χ2v) is 5.53. The number of hydrogen-bond donors (Lipinski definition) is 3. The molecular formula is C11H18N2O3S. The predicted octanol–water partition coefficient (Wildman–Crippen LogP) is -0.0647. The molecule has 3 N–H and O–H groups in total. The maximum absolute atomic E-state index is 11.7. The Labute approximate surface area is 102 Å². The van der Waals surface area contributed by atoms with Crippen molar-refractivity contribution in [1.29, 1.82) is 0 Å². The standard InChI is InChI=1S/C11H18N2O3S/c1-10(14)9-12-7-8-13-17(15,16)11-5-3-2-4-6-11/h2-6,10,12-14H,7-9H2,1H3. The van der Waals surface area contributed by atoms with Crippen molar-refractivity contribution in [2.24, 2.45) is 0 Å². The Kier molecular flexibility index (Phi) is 5.57. The van der Waals surface area contributed by atoms with E-state index in [0.29, 0.717) is 19.6 Å². The molecule has 0 saturated heterocycles. The van der Waals surface area contributed by atoms with E-state index in [2.05, 4.69) is 10.0 Å². The minimum Gasteiger partial charge on any atom is -0.392 e. The van der Waals surface area contributed by atoms with Crippen LogP contribution in [0.1, 0.15) is 6.92 Å². The number of sulfonamides is 1. The lowest BCUT2D eigenvalue weighted by atomic mass is 10.4. The molecule has 96 valence electrons. The van der Waals surface area contributed by atoms with Crippen LogP contribution < -0.4 is 10.0 Å². The molecule has 17 heavy (non-hydrogen) atoms. The van der Waals surface area contributed by atoms with Gasteiger partial charge in [-0.05, 0) is 19.1 Å². The average molecular weight is 258 g/mol. The first-order valence-corrected chi connectivity index (χ1v) is 6.94. The highest BCUT2D eigenvalue weighted by atomic mass is 32.2. The molecule has 1 unspecified atom stereocenters. The molecule has 1 aromatic rings. The number of benzene rings is 1. The van der Waals surface area contributed by atoms with E-state index in [9.17, 15) is 8.42 Å². The van der Waals surface area contributed by atoms with Crippen molar-refractivity contribution in [1.82, 2.24) is 10.0 Å². The van der Waals surface area contributed by atoms with E-state index < -0.39 is 16.1 Å². The van der Waals surface area contributed by atoms with Crippen LogP contribution in [-0.4, -0.2) is 39.3 Å². The first-order valence-electron chi connectivity index (χ1n) is 5.46. The largest absolute Gasteiger partial charge is 0.392 e.